The van der Waals surface area contributed by atoms with Gasteiger partial charge in [-0.1, -0.05) is 56.1 Å². The Hall–Kier alpha value is -1.43. The maximum atomic E-state index is 12.4. The van der Waals surface area contributed by atoms with E-state index in [0.717, 1.165) is 11.6 Å². The molecule has 0 aliphatic rings. The van der Waals surface area contributed by atoms with Crippen LogP contribution in [0.25, 0.3) is 0 Å². The molecule has 0 spiro atoms. The van der Waals surface area contributed by atoms with Crippen LogP contribution in [0.4, 0.5) is 5.69 Å². The molecule has 0 saturated heterocycles. The van der Waals surface area contributed by atoms with Gasteiger partial charge in [0.25, 0.3) is 10.0 Å². The summed E-state index contributed by atoms with van der Waals surface area (Å²) in [5.74, 6) is -0.533. The van der Waals surface area contributed by atoms with Crippen molar-refractivity contribution in [3.8, 4) is 5.75 Å². The zero-order valence-corrected chi connectivity index (χ0v) is 15.2. The molecule has 0 unspecified atom stereocenters. The average Bonchev–Trinajstić information content (AvgIpc) is 2.41. The monoisotopic (exact) mass is 373 g/mol. The highest BCUT2D eigenvalue weighted by Gasteiger charge is 2.22. The SMILES string of the molecule is CC(C)(C)c1ccc(NS(=O)(=O)c2cc(Cl)cc(Cl)c2O)cc1. The lowest BCUT2D eigenvalue weighted by molar-refractivity contribution is 0.459. The van der Waals surface area contributed by atoms with Crippen molar-refractivity contribution in [2.24, 2.45) is 0 Å². The van der Waals surface area contributed by atoms with Gasteiger partial charge in [-0.2, -0.15) is 0 Å². The van der Waals surface area contributed by atoms with Crippen LogP contribution in [0.1, 0.15) is 26.3 Å². The first kappa shape index (κ1) is 17.9. The van der Waals surface area contributed by atoms with Crippen LogP contribution in [0.5, 0.6) is 5.75 Å². The van der Waals surface area contributed by atoms with E-state index in [-0.39, 0.29) is 20.4 Å². The molecule has 0 atom stereocenters. The Bertz CT molecular complexity index is 826. The van der Waals surface area contributed by atoms with Gasteiger partial charge in [0.1, 0.15) is 4.90 Å². The van der Waals surface area contributed by atoms with Gasteiger partial charge in [0, 0.05) is 10.7 Å². The number of sulfonamides is 1. The molecular formula is C16H17Cl2NO3S. The largest absolute Gasteiger partial charge is 0.505 e. The third-order valence-corrected chi connectivity index (χ3v) is 5.19. The highest BCUT2D eigenvalue weighted by atomic mass is 35.5. The third kappa shape index (κ3) is 4.10. The van der Waals surface area contributed by atoms with Crippen molar-refractivity contribution in [3.63, 3.8) is 0 Å². The van der Waals surface area contributed by atoms with Crippen molar-refractivity contribution in [2.75, 3.05) is 4.72 Å². The molecule has 0 fully saturated rings. The molecule has 0 aliphatic heterocycles. The maximum absolute atomic E-state index is 12.4. The van der Waals surface area contributed by atoms with Gasteiger partial charge in [-0.25, -0.2) is 8.42 Å². The van der Waals surface area contributed by atoms with Crippen LogP contribution >= 0.6 is 23.2 Å². The van der Waals surface area contributed by atoms with Crippen molar-refractivity contribution in [2.45, 2.75) is 31.1 Å². The van der Waals surface area contributed by atoms with Gasteiger partial charge in [-0.05, 0) is 35.2 Å². The molecule has 23 heavy (non-hydrogen) atoms. The first-order chi connectivity index (χ1) is 10.5. The summed E-state index contributed by atoms with van der Waals surface area (Å²) in [5.41, 5.74) is 1.43. The lowest BCUT2D eigenvalue weighted by Crippen LogP contribution is -2.14. The molecule has 2 rings (SSSR count). The smallest absolute Gasteiger partial charge is 0.265 e. The molecule has 0 aromatic heterocycles. The summed E-state index contributed by atoms with van der Waals surface area (Å²) < 4.78 is 27.2. The van der Waals surface area contributed by atoms with E-state index in [9.17, 15) is 13.5 Å². The van der Waals surface area contributed by atoms with Crippen molar-refractivity contribution in [1.29, 1.82) is 0 Å². The Morgan fingerprint density at radius 1 is 1.04 bits per heavy atom. The number of phenolic OH excluding ortho intramolecular Hbond substituents is 1. The van der Waals surface area contributed by atoms with E-state index in [2.05, 4.69) is 25.5 Å². The van der Waals surface area contributed by atoms with Crippen LogP contribution in [0.15, 0.2) is 41.3 Å². The zero-order valence-electron chi connectivity index (χ0n) is 12.9. The number of benzene rings is 2. The number of rotatable bonds is 3. The van der Waals surface area contributed by atoms with Gasteiger partial charge in [-0.15, -0.1) is 0 Å². The minimum absolute atomic E-state index is 0.0316. The van der Waals surface area contributed by atoms with Crippen LogP contribution < -0.4 is 4.72 Å². The summed E-state index contributed by atoms with van der Waals surface area (Å²) in [5, 5.41) is 9.87. The number of anilines is 1. The van der Waals surface area contributed by atoms with Gasteiger partial charge in [-0.3, -0.25) is 4.72 Å². The number of aromatic hydroxyl groups is 1. The summed E-state index contributed by atoms with van der Waals surface area (Å²) in [7, 11) is -4.01. The summed E-state index contributed by atoms with van der Waals surface area (Å²) >= 11 is 11.6. The van der Waals surface area contributed by atoms with Crippen molar-refractivity contribution < 1.29 is 13.5 Å². The van der Waals surface area contributed by atoms with Crippen LogP contribution in [-0.2, 0) is 15.4 Å². The molecular weight excluding hydrogens is 357 g/mol. The van der Waals surface area contributed by atoms with Crippen LogP contribution in [0.3, 0.4) is 0 Å². The molecule has 0 heterocycles. The van der Waals surface area contributed by atoms with Crippen molar-refractivity contribution in [1.82, 2.24) is 0 Å². The summed E-state index contributed by atoms with van der Waals surface area (Å²) in [6.45, 7) is 6.20. The van der Waals surface area contributed by atoms with E-state index >= 15 is 0 Å². The van der Waals surface area contributed by atoms with E-state index in [1.165, 1.54) is 6.07 Å². The quantitative estimate of drug-likeness (QED) is 0.811. The molecule has 0 saturated carbocycles. The van der Waals surface area contributed by atoms with E-state index < -0.39 is 15.8 Å². The Balaban J connectivity index is 2.36. The Kier molecular flexibility index (Phi) is 4.85. The summed E-state index contributed by atoms with van der Waals surface area (Å²) in [6, 6.07) is 9.46. The number of hydrogen-bond donors (Lipinski definition) is 2. The number of nitrogens with one attached hydrogen (secondary N) is 1. The predicted octanol–water partition coefficient (Wildman–Crippen LogP) is 4.80. The predicted molar refractivity (Wildman–Crippen MR) is 94.1 cm³/mol. The molecule has 2 aromatic rings. The van der Waals surface area contributed by atoms with E-state index in [1.807, 2.05) is 12.1 Å². The topological polar surface area (TPSA) is 66.4 Å². The molecule has 2 N–H and O–H groups in total. The molecule has 124 valence electrons. The van der Waals surface area contributed by atoms with Gasteiger partial charge in [0.2, 0.25) is 0 Å². The fraction of sp³-hybridized carbons (Fsp3) is 0.250. The lowest BCUT2D eigenvalue weighted by Gasteiger charge is -2.19. The standard InChI is InChI=1S/C16H17Cl2NO3S/c1-16(2,3)10-4-6-12(7-5-10)19-23(21,22)14-9-11(17)8-13(18)15(14)20/h4-9,19-20H,1-3H3. The van der Waals surface area contributed by atoms with E-state index in [4.69, 9.17) is 23.2 Å². The first-order valence-corrected chi connectivity index (χ1v) is 9.06. The third-order valence-electron chi connectivity index (χ3n) is 3.29. The van der Waals surface area contributed by atoms with Crippen LogP contribution in [-0.4, -0.2) is 13.5 Å². The van der Waals surface area contributed by atoms with Gasteiger partial charge < -0.3 is 5.11 Å². The average molecular weight is 374 g/mol. The second-order valence-corrected chi connectivity index (χ2v) is 8.66. The van der Waals surface area contributed by atoms with E-state index in [1.54, 1.807) is 12.1 Å². The Labute approximate surface area is 146 Å². The lowest BCUT2D eigenvalue weighted by atomic mass is 9.87. The molecule has 4 nitrogen and oxygen atoms in total. The minimum atomic E-state index is -4.01. The van der Waals surface area contributed by atoms with Crippen LogP contribution in [0, 0.1) is 0 Å². The maximum Gasteiger partial charge on any atom is 0.265 e. The second-order valence-electron chi connectivity index (χ2n) is 6.17. The summed E-state index contributed by atoms with van der Waals surface area (Å²) in [6.07, 6.45) is 0. The van der Waals surface area contributed by atoms with Gasteiger partial charge in [0.15, 0.2) is 5.75 Å². The number of phenols is 1. The van der Waals surface area contributed by atoms with Crippen molar-refractivity contribution >= 4 is 38.9 Å². The first-order valence-electron chi connectivity index (χ1n) is 6.82. The molecule has 7 heteroatoms. The summed E-state index contributed by atoms with van der Waals surface area (Å²) in [4.78, 5) is -0.366. The number of halogens is 2. The molecule has 0 bridgehead atoms. The van der Waals surface area contributed by atoms with Gasteiger partial charge in [0.05, 0.1) is 5.02 Å². The zero-order chi connectivity index (χ0) is 17.4. The Morgan fingerprint density at radius 2 is 1.61 bits per heavy atom. The molecule has 2 aromatic carbocycles. The fourth-order valence-corrected chi connectivity index (χ4v) is 3.81. The molecule has 0 aliphatic carbocycles. The van der Waals surface area contributed by atoms with Crippen molar-refractivity contribution in [3.05, 3.63) is 52.0 Å². The highest BCUT2D eigenvalue weighted by molar-refractivity contribution is 7.92. The van der Waals surface area contributed by atoms with Gasteiger partial charge >= 0.3 is 0 Å². The van der Waals surface area contributed by atoms with Crippen LogP contribution in [0.2, 0.25) is 10.0 Å². The Morgan fingerprint density at radius 3 is 2.13 bits per heavy atom. The second kappa shape index (κ2) is 6.23. The number of hydrogen-bond acceptors (Lipinski definition) is 3. The highest BCUT2D eigenvalue weighted by Crippen LogP contribution is 2.35. The van der Waals surface area contributed by atoms with E-state index in [0.29, 0.717) is 5.69 Å². The fourth-order valence-electron chi connectivity index (χ4n) is 2.00. The normalized spacial score (nSPS) is 12.2. The molecule has 0 amide bonds. The molecule has 0 radical (unpaired) electrons. The minimum Gasteiger partial charge on any atom is -0.505 e.